The van der Waals surface area contributed by atoms with Gasteiger partial charge in [0.2, 0.25) is 5.75 Å². The topological polar surface area (TPSA) is 102 Å². The molecule has 0 radical (unpaired) electrons. The summed E-state index contributed by atoms with van der Waals surface area (Å²) >= 11 is 5.97. The first-order valence-electron chi connectivity index (χ1n) is 8.63. The van der Waals surface area contributed by atoms with E-state index in [1.54, 1.807) is 6.92 Å². The van der Waals surface area contributed by atoms with Crippen molar-refractivity contribution in [2.24, 2.45) is 28.8 Å². The van der Waals surface area contributed by atoms with Crippen LogP contribution >= 0.6 is 11.6 Å². The molecule has 2 bridgehead atoms. The highest BCUT2D eigenvalue weighted by atomic mass is 35.5. The van der Waals surface area contributed by atoms with Gasteiger partial charge >= 0.3 is 5.69 Å². The Kier molecular flexibility index (Phi) is 4.22. The number of benzene rings is 1. The summed E-state index contributed by atoms with van der Waals surface area (Å²) < 4.78 is 5.38. The van der Waals surface area contributed by atoms with Crippen LogP contribution in [-0.4, -0.2) is 34.6 Å². The van der Waals surface area contributed by atoms with Crippen LogP contribution in [0.3, 0.4) is 0 Å². The lowest BCUT2D eigenvalue weighted by Crippen LogP contribution is -2.28. The van der Waals surface area contributed by atoms with Gasteiger partial charge in [0.15, 0.2) is 0 Å². The third-order valence-electron chi connectivity index (χ3n) is 5.31. The van der Waals surface area contributed by atoms with Crippen molar-refractivity contribution in [3.8, 4) is 5.75 Å². The minimum atomic E-state index is -0.603. The van der Waals surface area contributed by atoms with Crippen molar-refractivity contribution in [2.45, 2.75) is 13.3 Å². The van der Waals surface area contributed by atoms with E-state index in [1.165, 1.54) is 18.3 Å². The first-order chi connectivity index (χ1) is 12.9. The molecule has 1 saturated carbocycles. The van der Waals surface area contributed by atoms with Gasteiger partial charge in [-0.05, 0) is 31.2 Å². The highest BCUT2D eigenvalue weighted by Gasteiger charge is 2.59. The summed E-state index contributed by atoms with van der Waals surface area (Å²) in [6.07, 6.45) is 6.05. The fourth-order valence-electron chi connectivity index (χ4n) is 4.25. The Morgan fingerprint density at radius 1 is 1.30 bits per heavy atom. The number of carbonyl (C=O) groups excluding carboxylic acids is 2. The maximum Gasteiger partial charge on any atom is 0.313 e. The summed E-state index contributed by atoms with van der Waals surface area (Å²) in [6, 6.07) is 2.63. The minimum absolute atomic E-state index is 0.00308. The zero-order valence-corrected chi connectivity index (χ0v) is 15.1. The van der Waals surface area contributed by atoms with E-state index in [-0.39, 0.29) is 64.1 Å². The van der Waals surface area contributed by atoms with E-state index >= 15 is 0 Å². The number of carbonyl (C=O) groups is 2. The molecule has 3 aliphatic rings. The number of nitro benzene ring substituents is 1. The number of imide groups is 1. The number of hydrazone groups is 1. The van der Waals surface area contributed by atoms with Crippen LogP contribution in [0.5, 0.6) is 5.75 Å². The molecule has 0 spiro atoms. The molecule has 9 heteroatoms. The van der Waals surface area contributed by atoms with Crippen LogP contribution < -0.4 is 4.74 Å². The second-order valence-electron chi connectivity index (χ2n) is 6.77. The van der Waals surface area contributed by atoms with Gasteiger partial charge in [0, 0.05) is 16.7 Å². The Morgan fingerprint density at radius 3 is 2.48 bits per heavy atom. The Morgan fingerprint density at radius 2 is 1.93 bits per heavy atom. The summed E-state index contributed by atoms with van der Waals surface area (Å²) in [5.74, 6) is -1.20. The van der Waals surface area contributed by atoms with Crippen molar-refractivity contribution < 1.29 is 19.2 Å². The average Bonchev–Trinajstić information content (AvgIpc) is 3.29. The largest absolute Gasteiger partial charge is 0.487 e. The summed E-state index contributed by atoms with van der Waals surface area (Å²) in [5.41, 5.74) is -0.0706. The fourth-order valence-corrected chi connectivity index (χ4v) is 4.47. The molecule has 1 saturated heterocycles. The number of nitrogens with zero attached hydrogens (tertiary/aromatic N) is 3. The molecule has 1 aliphatic heterocycles. The first-order valence-corrected chi connectivity index (χ1v) is 9.01. The Bertz CT molecular complexity index is 883. The van der Waals surface area contributed by atoms with Gasteiger partial charge in [0.1, 0.15) is 0 Å². The van der Waals surface area contributed by atoms with Gasteiger partial charge in [-0.2, -0.15) is 10.1 Å². The monoisotopic (exact) mass is 389 g/mol. The molecule has 2 fully saturated rings. The third-order valence-corrected chi connectivity index (χ3v) is 5.53. The molecule has 8 nitrogen and oxygen atoms in total. The van der Waals surface area contributed by atoms with Gasteiger partial charge in [0.25, 0.3) is 11.8 Å². The predicted molar refractivity (Wildman–Crippen MR) is 96.4 cm³/mol. The Labute approximate surface area is 159 Å². The van der Waals surface area contributed by atoms with Crippen molar-refractivity contribution in [3.05, 3.63) is 45.0 Å². The number of allylic oxidation sites excluding steroid dienone is 2. The van der Waals surface area contributed by atoms with Crippen LogP contribution in [0, 0.1) is 33.8 Å². The number of halogens is 1. The van der Waals surface area contributed by atoms with E-state index in [9.17, 15) is 19.7 Å². The number of rotatable bonds is 5. The molecule has 0 N–H and O–H groups in total. The van der Waals surface area contributed by atoms with Crippen molar-refractivity contribution in [1.82, 2.24) is 5.01 Å². The Balaban J connectivity index is 1.67. The number of ether oxygens (including phenoxy) is 1. The van der Waals surface area contributed by atoms with E-state index in [0.29, 0.717) is 0 Å². The van der Waals surface area contributed by atoms with Crippen LogP contribution in [0.4, 0.5) is 5.69 Å². The molecule has 0 aromatic heterocycles. The lowest BCUT2D eigenvalue weighted by molar-refractivity contribution is -0.385. The van der Waals surface area contributed by atoms with E-state index < -0.39 is 4.92 Å². The molecule has 0 unspecified atom stereocenters. The maximum absolute atomic E-state index is 12.7. The Hall–Kier alpha value is -2.74. The molecular formula is C18H16ClN3O5. The number of nitro groups is 1. The highest BCUT2D eigenvalue weighted by Crippen LogP contribution is 2.52. The van der Waals surface area contributed by atoms with Crippen molar-refractivity contribution in [2.75, 3.05) is 6.61 Å². The molecule has 1 heterocycles. The highest BCUT2D eigenvalue weighted by molar-refractivity contribution is 6.31. The molecule has 4 atom stereocenters. The van der Waals surface area contributed by atoms with Crippen molar-refractivity contribution in [1.29, 1.82) is 0 Å². The first kappa shape index (κ1) is 17.7. The molecule has 2 aliphatic carbocycles. The van der Waals surface area contributed by atoms with Crippen LogP contribution in [0.2, 0.25) is 5.02 Å². The third kappa shape index (κ3) is 2.71. The van der Waals surface area contributed by atoms with E-state index in [2.05, 4.69) is 5.10 Å². The zero-order valence-electron chi connectivity index (χ0n) is 14.4. The number of hydrogen-bond acceptors (Lipinski definition) is 6. The normalized spacial score (nSPS) is 28.4. The minimum Gasteiger partial charge on any atom is -0.487 e. The quantitative estimate of drug-likeness (QED) is 0.253. The van der Waals surface area contributed by atoms with Gasteiger partial charge in [-0.15, -0.1) is 0 Å². The lowest BCUT2D eigenvalue weighted by Gasteiger charge is -2.13. The summed E-state index contributed by atoms with van der Waals surface area (Å²) in [7, 11) is 0. The number of amides is 2. The summed E-state index contributed by atoms with van der Waals surface area (Å²) in [5, 5.41) is 16.3. The molecule has 4 rings (SSSR count). The summed E-state index contributed by atoms with van der Waals surface area (Å²) in [6.45, 7) is 1.89. The van der Waals surface area contributed by atoms with Gasteiger partial charge in [-0.3, -0.25) is 19.7 Å². The maximum atomic E-state index is 12.7. The van der Waals surface area contributed by atoms with Gasteiger partial charge in [-0.1, -0.05) is 23.8 Å². The van der Waals surface area contributed by atoms with Crippen LogP contribution in [-0.2, 0) is 9.59 Å². The average molecular weight is 390 g/mol. The molecular weight excluding hydrogens is 374 g/mol. The second kappa shape index (κ2) is 6.45. The predicted octanol–water partition coefficient (Wildman–Crippen LogP) is 2.79. The van der Waals surface area contributed by atoms with Gasteiger partial charge < -0.3 is 4.74 Å². The van der Waals surface area contributed by atoms with Gasteiger partial charge in [0.05, 0.1) is 29.6 Å². The lowest BCUT2D eigenvalue weighted by atomic mass is 9.85. The van der Waals surface area contributed by atoms with Crippen LogP contribution in [0.25, 0.3) is 0 Å². The molecule has 1 aromatic carbocycles. The zero-order chi connectivity index (χ0) is 19.3. The molecule has 2 amide bonds. The van der Waals surface area contributed by atoms with Crippen LogP contribution in [0.15, 0.2) is 29.4 Å². The fraction of sp³-hybridized carbons (Fsp3) is 0.389. The SMILES string of the molecule is CCOc1c(C=NN2C(=O)[C@@H]3[C@H](C2=O)[C@H]2C=C[C@H]3C2)cc(Cl)cc1[N+](=O)[O-]. The van der Waals surface area contributed by atoms with Crippen molar-refractivity contribution in [3.63, 3.8) is 0 Å². The van der Waals surface area contributed by atoms with Crippen molar-refractivity contribution >= 4 is 35.3 Å². The number of fused-ring (bicyclic) bond motifs is 5. The van der Waals surface area contributed by atoms with Crippen LogP contribution in [0.1, 0.15) is 18.9 Å². The van der Waals surface area contributed by atoms with E-state index in [4.69, 9.17) is 16.3 Å². The van der Waals surface area contributed by atoms with E-state index in [0.717, 1.165) is 11.4 Å². The van der Waals surface area contributed by atoms with Gasteiger partial charge in [-0.25, -0.2) is 0 Å². The number of hydrogen-bond donors (Lipinski definition) is 0. The molecule has 1 aromatic rings. The summed E-state index contributed by atoms with van der Waals surface area (Å²) in [4.78, 5) is 36.0. The molecule has 140 valence electrons. The van der Waals surface area contributed by atoms with E-state index in [1.807, 2.05) is 12.2 Å². The molecule has 27 heavy (non-hydrogen) atoms. The second-order valence-corrected chi connectivity index (χ2v) is 7.20. The smallest absolute Gasteiger partial charge is 0.313 e. The standard InChI is InChI=1S/C18H16ClN3O5/c1-2-27-16-11(6-12(19)7-13(16)22(25)26)8-20-21-17(23)14-9-3-4-10(5-9)15(14)18(21)24/h3-4,6-10,14-15H,2,5H2,1H3/t9-,10-,14-,15+/m0/s1.